The van der Waals surface area contributed by atoms with Crippen LogP contribution < -0.4 is 5.73 Å². The molecule has 1 aliphatic rings. The maximum atomic E-state index is 13.0. The number of benzene rings is 2. The van der Waals surface area contributed by atoms with Crippen LogP contribution in [0.4, 0.5) is 10.1 Å². The van der Waals surface area contributed by atoms with E-state index < -0.39 is 0 Å². The Hall–Kier alpha value is -1.82. The van der Waals surface area contributed by atoms with Gasteiger partial charge in [0.15, 0.2) is 0 Å². The number of para-hydroxylation sites is 1. The van der Waals surface area contributed by atoms with E-state index in [0.717, 1.165) is 56.0 Å². The molecule has 1 heterocycles. The van der Waals surface area contributed by atoms with Crippen LogP contribution in [0.15, 0.2) is 48.5 Å². The lowest BCUT2D eigenvalue weighted by Crippen LogP contribution is -2.35. The molecular formula is C21H28Cl2FN3O. The first-order chi connectivity index (χ1) is 12.6. The van der Waals surface area contributed by atoms with Gasteiger partial charge in [0.25, 0.3) is 0 Å². The molecule has 0 unspecified atom stereocenters. The second-order valence-corrected chi connectivity index (χ2v) is 6.84. The number of carbonyl (C=O) groups excluding carboxylic acids is 1. The number of aryl methyl sites for hydroxylation is 1. The fourth-order valence-electron chi connectivity index (χ4n) is 3.39. The molecule has 0 radical (unpaired) electrons. The summed E-state index contributed by atoms with van der Waals surface area (Å²) in [5, 5.41) is 0. The summed E-state index contributed by atoms with van der Waals surface area (Å²) in [4.78, 5) is 16.9. The van der Waals surface area contributed by atoms with Crippen LogP contribution in [0.25, 0.3) is 0 Å². The molecule has 0 atom stereocenters. The Morgan fingerprint density at radius 2 is 1.68 bits per heavy atom. The van der Waals surface area contributed by atoms with Gasteiger partial charge in [-0.2, -0.15) is 0 Å². The van der Waals surface area contributed by atoms with Gasteiger partial charge in [0.1, 0.15) is 5.82 Å². The number of rotatable bonds is 5. The summed E-state index contributed by atoms with van der Waals surface area (Å²) in [5.41, 5.74) is 8.85. The van der Waals surface area contributed by atoms with Crippen LogP contribution in [-0.2, 0) is 17.8 Å². The summed E-state index contributed by atoms with van der Waals surface area (Å²) in [6, 6.07) is 14.4. The van der Waals surface area contributed by atoms with E-state index in [9.17, 15) is 9.18 Å². The summed E-state index contributed by atoms with van der Waals surface area (Å²) in [7, 11) is 0. The normalized spacial score (nSPS) is 14.5. The monoisotopic (exact) mass is 427 g/mol. The van der Waals surface area contributed by atoms with Gasteiger partial charge in [-0.15, -0.1) is 24.8 Å². The molecule has 0 aliphatic carbocycles. The molecule has 4 nitrogen and oxygen atoms in total. The summed E-state index contributed by atoms with van der Waals surface area (Å²) in [5.74, 6) is -0.0164. The van der Waals surface area contributed by atoms with Crippen molar-refractivity contribution in [3.8, 4) is 0 Å². The number of nitrogens with two attached hydrogens (primary N) is 1. The van der Waals surface area contributed by atoms with Crippen molar-refractivity contribution in [1.82, 2.24) is 9.80 Å². The van der Waals surface area contributed by atoms with Gasteiger partial charge in [-0.1, -0.05) is 30.3 Å². The van der Waals surface area contributed by atoms with Crippen LogP contribution in [0.2, 0.25) is 0 Å². The molecule has 1 fully saturated rings. The molecule has 0 bridgehead atoms. The van der Waals surface area contributed by atoms with E-state index in [1.165, 1.54) is 12.1 Å². The molecule has 154 valence electrons. The average molecular weight is 428 g/mol. The van der Waals surface area contributed by atoms with Crippen LogP contribution in [0, 0.1) is 5.82 Å². The van der Waals surface area contributed by atoms with Gasteiger partial charge in [-0.05, 0) is 42.2 Å². The number of amides is 1. The molecule has 1 amide bonds. The van der Waals surface area contributed by atoms with E-state index >= 15 is 0 Å². The van der Waals surface area contributed by atoms with Crippen molar-refractivity contribution in [2.45, 2.75) is 25.8 Å². The Morgan fingerprint density at radius 3 is 2.39 bits per heavy atom. The quantitative estimate of drug-likeness (QED) is 0.735. The fraction of sp³-hybridized carbons (Fsp3) is 0.381. The number of anilines is 1. The maximum Gasteiger partial charge on any atom is 0.222 e. The van der Waals surface area contributed by atoms with Crippen molar-refractivity contribution in [3.05, 3.63) is 65.5 Å². The first kappa shape index (κ1) is 24.2. The fourth-order valence-corrected chi connectivity index (χ4v) is 3.39. The molecule has 1 saturated heterocycles. The SMILES string of the molecule is Cl.Cl.Nc1ccccc1CCC(=O)N1CCCN(Cc2ccc(F)cc2)CC1. The van der Waals surface area contributed by atoms with Crippen molar-refractivity contribution in [1.29, 1.82) is 0 Å². The molecule has 0 saturated carbocycles. The predicted octanol–water partition coefficient (Wildman–Crippen LogP) is 3.92. The van der Waals surface area contributed by atoms with Crippen molar-refractivity contribution >= 4 is 36.4 Å². The Balaban J connectivity index is 0.00000196. The van der Waals surface area contributed by atoms with Crippen molar-refractivity contribution in [3.63, 3.8) is 0 Å². The second-order valence-electron chi connectivity index (χ2n) is 6.84. The molecule has 0 aromatic heterocycles. The number of carbonyl (C=O) groups is 1. The molecule has 3 rings (SSSR count). The minimum absolute atomic E-state index is 0. The van der Waals surface area contributed by atoms with Gasteiger partial charge in [-0.3, -0.25) is 9.69 Å². The zero-order valence-electron chi connectivity index (χ0n) is 15.9. The molecule has 2 N–H and O–H groups in total. The lowest BCUT2D eigenvalue weighted by molar-refractivity contribution is -0.131. The summed E-state index contributed by atoms with van der Waals surface area (Å²) in [6.45, 7) is 4.12. The number of nitrogens with zero attached hydrogens (tertiary/aromatic N) is 2. The van der Waals surface area contributed by atoms with Crippen LogP contribution in [0.1, 0.15) is 24.0 Å². The largest absolute Gasteiger partial charge is 0.399 e. The van der Waals surface area contributed by atoms with Gasteiger partial charge >= 0.3 is 0 Å². The Labute approximate surface area is 178 Å². The molecular weight excluding hydrogens is 400 g/mol. The van der Waals surface area contributed by atoms with Gasteiger partial charge in [0.2, 0.25) is 5.91 Å². The minimum Gasteiger partial charge on any atom is -0.399 e. The van der Waals surface area contributed by atoms with E-state index in [4.69, 9.17) is 5.73 Å². The maximum absolute atomic E-state index is 13.0. The second kappa shape index (κ2) is 11.9. The third-order valence-corrected chi connectivity index (χ3v) is 4.92. The zero-order valence-corrected chi connectivity index (χ0v) is 17.5. The van der Waals surface area contributed by atoms with Gasteiger partial charge in [0, 0.05) is 44.8 Å². The van der Waals surface area contributed by atoms with Crippen LogP contribution in [-0.4, -0.2) is 41.9 Å². The highest BCUT2D eigenvalue weighted by molar-refractivity contribution is 5.85. The molecule has 2 aromatic rings. The van der Waals surface area contributed by atoms with E-state index in [1.54, 1.807) is 0 Å². The first-order valence-electron chi connectivity index (χ1n) is 9.20. The summed E-state index contributed by atoms with van der Waals surface area (Å²) in [6.07, 6.45) is 2.13. The topological polar surface area (TPSA) is 49.6 Å². The van der Waals surface area contributed by atoms with Crippen LogP contribution in [0.3, 0.4) is 0 Å². The van der Waals surface area contributed by atoms with Crippen molar-refractivity contribution in [2.24, 2.45) is 0 Å². The number of nitrogen functional groups attached to an aromatic ring is 1. The van der Waals surface area contributed by atoms with E-state index in [2.05, 4.69) is 4.90 Å². The number of halogens is 3. The average Bonchev–Trinajstić information content (AvgIpc) is 2.88. The highest BCUT2D eigenvalue weighted by Crippen LogP contribution is 2.15. The molecule has 0 spiro atoms. The number of hydrogen-bond donors (Lipinski definition) is 1. The molecule has 28 heavy (non-hydrogen) atoms. The molecule has 7 heteroatoms. The van der Waals surface area contributed by atoms with Crippen molar-refractivity contribution < 1.29 is 9.18 Å². The van der Waals surface area contributed by atoms with Crippen molar-refractivity contribution in [2.75, 3.05) is 31.9 Å². The van der Waals surface area contributed by atoms with Crippen LogP contribution >= 0.6 is 24.8 Å². The van der Waals surface area contributed by atoms with Gasteiger partial charge in [-0.25, -0.2) is 4.39 Å². The lowest BCUT2D eigenvalue weighted by atomic mass is 10.1. The Morgan fingerprint density at radius 1 is 0.964 bits per heavy atom. The Kier molecular flexibility index (Phi) is 10.3. The zero-order chi connectivity index (χ0) is 18.4. The van der Waals surface area contributed by atoms with E-state index in [-0.39, 0.29) is 36.5 Å². The van der Waals surface area contributed by atoms with E-state index in [1.807, 2.05) is 41.3 Å². The van der Waals surface area contributed by atoms with Gasteiger partial charge < -0.3 is 10.6 Å². The standard InChI is InChI=1S/C21H26FN3O.2ClH/c22-19-9-6-17(7-10-19)16-24-12-3-13-25(15-14-24)21(26)11-8-18-4-1-2-5-20(18)23;;/h1-2,4-7,9-10H,3,8,11-16,23H2;2*1H. The highest BCUT2D eigenvalue weighted by Gasteiger charge is 2.19. The minimum atomic E-state index is -0.208. The highest BCUT2D eigenvalue weighted by atomic mass is 35.5. The summed E-state index contributed by atoms with van der Waals surface area (Å²) < 4.78 is 13.0. The van der Waals surface area contributed by atoms with E-state index in [0.29, 0.717) is 12.8 Å². The summed E-state index contributed by atoms with van der Waals surface area (Å²) >= 11 is 0. The number of hydrogen-bond acceptors (Lipinski definition) is 3. The van der Waals surface area contributed by atoms with Gasteiger partial charge in [0.05, 0.1) is 0 Å². The first-order valence-corrected chi connectivity index (χ1v) is 9.20. The third-order valence-electron chi connectivity index (χ3n) is 4.92. The smallest absolute Gasteiger partial charge is 0.222 e. The lowest BCUT2D eigenvalue weighted by Gasteiger charge is -2.22. The van der Waals surface area contributed by atoms with Crippen LogP contribution in [0.5, 0.6) is 0 Å². The molecule has 2 aromatic carbocycles. The Bertz CT molecular complexity index is 743. The predicted molar refractivity (Wildman–Crippen MR) is 117 cm³/mol. The molecule has 1 aliphatic heterocycles. The third kappa shape index (κ3) is 6.97.